The van der Waals surface area contributed by atoms with Gasteiger partial charge in [0.2, 0.25) is 0 Å². The highest BCUT2D eigenvalue weighted by molar-refractivity contribution is 5.77. The molecule has 5 heteroatoms. The summed E-state index contributed by atoms with van der Waals surface area (Å²) in [5.41, 5.74) is 4.66. The number of hydrogen-bond acceptors (Lipinski definition) is 2. The number of nitrogens with two attached hydrogens (primary N) is 1. The third-order valence-corrected chi connectivity index (χ3v) is 2.72. The van der Waals surface area contributed by atoms with Gasteiger partial charge in [-0.25, -0.2) is 0 Å². The maximum absolute atomic E-state index is 10.8. The molecule has 74 valence electrons. The van der Waals surface area contributed by atoms with Crippen LogP contribution in [0.2, 0.25) is 0 Å². The molecule has 4 N–H and O–H groups in total. The molecule has 13 heavy (non-hydrogen) atoms. The Morgan fingerprint density at radius 1 is 1.54 bits per heavy atom. The van der Waals surface area contributed by atoms with E-state index in [0.717, 1.165) is 0 Å². The first-order chi connectivity index (χ1) is 5.96. The van der Waals surface area contributed by atoms with Crippen molar-refractivity contribution in [2.45, 2.75) is 19.8 Å². The molecular formula is C8H15N3O2. The van der Waals surface area contributed by atoms with Gasteiger partial charge in [0.15, 0.2) is 5.96 Å². The first kappa shape index (κ1) is 9.83. The molecule has 0 aromatic rings. The molecule has 0 radical (unpaired) electrons. The first-order valence-corrected chi connectivity index (χ1v) is 4.28. The molecule has 0 atom stereocenters. The summed E-state index contributed by atoms with van der Waals surface area (Å²) in [4.78, 5) is 12.5. The molecule has 0 aliphatic carbocycles. The zero-order valence-electron chi connectivity index (χ0n) is 7.71. The van der Waals surface area contributed by atoms with Gasteiger partial charge < -0.3 is 15.7 Å². The Labute approximate surface area is 77.0 Å². The largest absolute Gasteiger partial charge is 0.481 e. The highest BCUT2D eigenvalue weighted by atomic mass is 16.4. The summed E-state index contributed by atoms with van der Waals surface area (Å²) in [6, 6.07) is 0. The van der Waals surface area contributed by atoms with Crippen LogP contribution in [0.4, 0.5) is 0 Å². The van der Waals surface area contributed by atoms with Crippen molar-refractivity contribution in [1.29, 1.82) is 5.41 Å². The third kappa shape index (κ3) is 1.91. The maximum Gasteiger partial charge on any atom is 0.309 e. The Kier molecular flexibility index (Phi) is 2.45. The van der Waals surface area contributed by atoms with Crippen LogP contribution in [-0.4, -0.2) is 35.0 Å². The monoisotopic (exact) mass is 185 g/mol. The van der Waals surface area contributed by atoms with Crippen LogP contribution in [0.15, 0.2) is 0 Å². The molecule has 5 nitrogen and oxygen atoms in total. The van der Waals surface area contributed by atoms with E-state index in [1.54, 1.807) is 11.8 Å². The molecule has 1 heterocycles. The summed E-state index contributed by atoms with van der Waals surface area (Å²) in [6.45, 7) is 2.88. The molecular weight excluding hydrogens is 170 g/mol. The number of nitrogens with zero attached hydrogens (tertiary/aromatic N) is 1. The van der Waals surface area contributed by atoms with Crippen LogP contribution in [0, 0.1) is 10.8 Å². The molecule has 0 unspecified atom stereocenters. The van der Waals surface area contributed by atoms with Crippen LogP contribution in [0.1, 0.15) is 19.8 Å². The number of carboxylic acids is 1. The summed E-state index contributed by atoms with van der Waals surface area (Å²) in [5.74, 6) is -0.719. The Hall–Kier alpha value is -1.26. The summed E-state index contributed by atoms with van der Waals surface area (Å²) in [6.07, 6.45) is 1.11. The van der Waals surface area contributed by atoms with E-state index in [1.165, 1.54) is 0 Å². The fraction of sp³-hybridized carbons (Fsp3) is 0.750. The molecule has 1 aliphatic heterocycles. The summed E-state index contributed by atoms with van der Waals surface area (Å²) in [7, 11) is 0. The van der Waals surface area contributed by atoms with Crippen molar-refractivity contribution >= 4 is 11.9 Å². The van der Waals surface area contributed by atoms with Gasteiger partial charge in [-0.05, 0) is 19.8 Å². The Balaban J connectivity index is 2.56. The van der Waals surface area contributed by atoms with Crippen molar-refractivity contribution in [3.8, 4) is 0 Å². The lowest BCUT2D eigenvalue weighted by molar-refractivity contribution is -0.150. The molecule has 1 fully saturated rings. The quantitative estimate of drug-likeness (QED) is 0.398. The van der Waals surface area contributed by atoms with Crippen LogP contribution in [-0.2, 0) is 4.79 Å². The van der Waals surface area contributed by atoms with E-state index < -0.39 is 11.4 Å². The van der Waals surface area contributed by atoms with Gasteiger partial charge in [0.25, 0.3) is 0 Å². The molecule has 0 amide bonds. The highest BCUT2D eigenvalue weighted by Gasteiger charge is 2.36. The van der Waals surface area contributed by atoms with Crippen LogP contribution >= 0.6 is 0 Å². The lowest BCUT2D eigenvalue weighted by Crippen LogP contribution is -2.47. The van der Waals surface area contributed by atoms with Crippen molar-refractivity contribution in [1.82, 2.24) is 4.90 Å². The zero-order valence-corrected chi connectivity index (χ0v) is 7.71. The third-order valence-electron chi connectivity index (χ3n) is 2.72. The molecule has 0 aromatic carbocycles. The van der Waals surface area contributed by atoms with Crippen LogP contribution < -0.4 is 5.73 Å². The van der Waals surface area contributed by atoms with E-state index in [4.69, 9.17) is 16.2 Å². The fourth-order valence-corrected chi connectivity index (χ4v) is 1.46. The van der Waals surface area contributed by atoms with Gasteiger partial charge in [0.1, 0.15) is 0 Å². The second-order valence-electron chi connectivity index (χ2n) is 3.74. The van der Waals surface area contributed by atoms with Gasteiger partial charge in [0, 0.05) is 13.1 Å². The number of carbonyl (C=O) groups is 1. The van der Waals surface area contributed by atoms with Crippen LogP contribution in [0.25, 0.3) is 0 Å². The number of nitrogens with one attached hydrogen (secondary N) is 1. The molecule has 1 saturated heterocycles. The smallest absolute Gasteiger partial charge is 0.309 e. The van der Waals surface area contributed by atoms with Crippen LogP contribution in [0.5, 0.6) is 0 Å². The minimum atomic E-state index is -0.754. The SMILES string of the molecule is CC1(C(=O)O)CCN(C(=N)N)CC1. The maximum atomic E-state index is 10.8. The lowest BCUT2D eigenvalue weighted by atomic mass is 9.80. The number of aliphatic carboxylic acids is 1. The topological polar surface area (TPSA) is 90.4 Å². The van der Waals surface area contributed by atoms with Gasteiger partial charge in [-0.15, -0.1) is 0 Å². The van der Waals surface area contributed by atoms with Crippen molar-refractivity contribution in [2.24, 2.45) is 11.1 Å². The first-order valence-electron chi connectivity index (χ1n) is 4.28. The summed E-state index contributed by atoms with van der Waals surface area (Å²) in [5, 5.41) is 16.1. The van der Waals surface area contributed by atoms with E-state index in [9.17, 15) is 4.79 Å². The molecule has 0 aromatic heterocycles. The molecule has 1 aliphatic rings. The van der Waals surface area contributed by atoms with E-state index in [0.29, 0.717) is 25.9 Å². The average Bonchev–Trinajstić information content (AvgIpc) is 2.04. The number of guanidine groups is 1. The highest BCUT2D eigenvalue weighted by Crippen LogP contribution is 2.30. The normalized spacial score (nSPS) is 21.2. The second-order valence-corrected chi connectivity index (χ2v) is 3.74. The minimum absolute atomic E-state index is 0.0347. The Morgan fingerprint density at radius 3 is 2.31 bits per heavy atom. The van der Waals surface area contributed by atoms with E-state index in [2.05, 4.69) is 0 Å². The second kappa shape index (κ2) is 3.24. The standard InChI is InChI=1S/C8H15N3O2/c1-8(6(12)13)2-4-11(5-3-8)7(9)10/h2-5H2,1H3,(H3,9,10)(H,12,13). The van der Waals surface area contributed by atoms with Crippen LogP contribution in [0.3, 0.4) is 0 Å². The fourth-order valence-electron chi connectivity index (χ4n) is 1.46. The van der Waals surface area contributed by atoms with Gasteiger partial charge in [-0.1, -0.05) is 0 Å². The summed E-state index contributed by atoms with van der Waals surface area (Å²) < 4.78 is 0. The Bertz CT molecular complexity index is 232. The predicted molar refractivity (Wildman–Crippen MR) is 48.5 cm³/mol. The number of carboxylic acid groups (broad SMARTS) is 1. The van der Waals surface area contributed by atoms with Crippen molar-refractivity contribution in [2.75, 3.05) is 13.1 Å². The van der Waals surface area contributed by atoms with E-state index in [-0.39, 0.29) is 5.96 Å². The Morgan fingerprint density at radius 2 is 2.00 bits per heavy atom. The van der Waals surface area contributed by atoms with Gasteiger partial charge in [0.05, 0.1) is 5.41 Å². The molecule has 0 bridgehead atoms. The van der Waals surface area contributed by atoms with E-state index >= 15 is 0 Å². The zero-order chi connectivity index (χ0) is 10.1. The predicted octanol–water partition coefficient (Wildman–Crippen LogP) is 0.0666. The number of piperidine rings is 1. The minimum Gasteiger partial charge on any atom is -0.481 e. The molecule has 0 spiro atoms. The number of rotatable bonds is 1. The van der Waals surface area contributed by atoms with Crippen molar-refractivity contribution in [3.63, 3.8) is 0 Å². The number of hydrogen-bond donors (Lipinski definition) is 3. The van der Waals surface area contributed by atoms with Gasteiger partial charge in [-0.3, -0.25) is 10.2 Å². The molecule has 1 rings (SSSR count). The lowest BCUT2D eigenvalue weighted by Gasteiger charge is -2.36. The average molecular weight is 185 g/mol. The summed E-state index contributed by atoms with van der Waals surface area (Å²) >= 11 is 0. The van der Waals surface area contributed by atoms with Gasteiger partial charge in [-0.2, -0.15) is 0 Å². The number of likely N-dealkylation sites (tertiary alicyclic amines) is 1. The molecule has 0 saturated carbocycles. The van der Waals surface area contributed by atoms with E-state index in [1.807, 2.05) is 0 Å². The van der Waals surface area contributed by atoms with Crippen molar-refractivity contribution < 1.29 is 9.90 Å². The van der Waals surface area contributed by atoms with Crippen molar-refractivity contribution in [3.05, 3.63) is 0 Å². The van der Waals surface area contributed by atoms with Gasteiger partial charge >= 0.3 is 5.97 Å².